The number of phenols is 1. The number of phenolic OH excluding ortho intramolecular Hbond substituents is 1. The smallest absolute Gasteiger partial charge is 0.143 e. The Balaban J connectivity index is -0.000000237. The van der Waals surface area contributed by atoms with E-state index in [1.807, 2.05) is 46.8 Å². The van der Waals surface area contributed by atoms with Crippen LogP contribution < -0.4 is 5.32 Å². The number of Topliss-reactive ketones (excluding diaryl/α,β-unsaturated/α-hetero) is 1. The van der Waals surface area contributed by atoms with Gasteiger partial charge in [-0.1, -0.05) is 65.7 Å². The molecule has 0 aliphatic heterocycles. The van der Waals surface area contributed by atoms with Crippen molar-refractivity contribution in [1.29, 1.82) is 0 Å². The highest BCUT2D eigenvalue weighted by Crippen LogP contribution is 2.07. The van der Waals surface area contributed by atoms with E-state index in [9.17, 15) is 4.79 Å². The second-order valence-corrected chi connectivity index (χ2v) is 4.78. The molecule has 124 valence electrons. The van der Waals surface area contributed by atoms with Gasteiger partial charge in [0, 0.05) is 6.04 Å². The van der Waals surface area contributed by atoms with Crippen molar-refractivity contribution in [3.8, 4) is 5.75 Å². The molecule has 3 heteroatoms. The molecule has 0 unspecified atom stereocenters. The van der Waals surface area contributed by atoms with Gasteiger partial charge < -0.3 is 10.4 Å². The molecule has 0 saturated carbocycles. The molecule has 0 spiro atoms. The third-order valence-corrected chi connectivity index (χ3v) is 1.79. The van der Waals surface area contributed by atoms with E-state index in [1.54, 1.807) is 19.1 Å². The fourth-order valence-electron chi connectivity index (χ4n) is 0.893. The second-order valence-electron chi connectivity index (χ2n) is 4.78. The van der Waals surface area contributed by atoms with Crippen molar-refractivity contribution in [1.82, 2.24) is 5.32 Å². The molecule has 0 aliphatic rings. The molecule has 0 saturated heterocycles. The number of hydrogen-bond donors (Lipinski definition) is 2. The average molecular weight is 297 g/mol. The van der Waals surface area contributed by atoms with E-state index in [4.69, 9.17) is 5.11 Å². The Morgan fingerprint density at radius 1 is 1.14 bits per heavy atom. The van der Waals surface area contributed by atoms with Gasteiger partial charge in [0.25, 0.3) is 0 Å². The highest BCUT2D eigenvalue weighted by atomic mass is 16.3. The maximum atomic E-state index is 10.3. The largest absolute Gasteiger partial charge is 0.508 e. The zero-order valence-corrected chi connectivity index (χ0v) is 15.2. The number of benzene rings is 1. The van der Waals surface area contributed by atoms with E-state index in [1.165, 1.54) is 12.0 Å². The highest BCUT2D eigenvalue weighted by Gasteiger charge is 1.92. The number of aryl methyl sites for hydroxylation is 1. The van der Waals surface area contributed by atoms with Gasteiger partial charge >= 0.3 is 0 Å². The Bertz CT molecular complexity index is 297. The number of hydrogen-bond acceptors (Lipinski definition) is 3. The summed E-state index contributed by atoms with van der Waals surface area (Å²) in [7, 11) is 0. The molecule has 0 radical (unpaired) electrons. The molecule has 0 fully saturated rings. The first-order valence-corrected chi connectivity index (χ1v) is 7.81. The third-order valence-electron chi connectivity index (χ3n) is 1.79. The standard InChI is InChI=1S/C7H8O.C6H13NO.C3H8.C2H6/c1-6-2-4-7(8)5-3-6;1-5(2)7-4-6(3)8;1-3-2;1-2/h2-5,8H,1H3;5,7H,4H2,1-3H3;3H2,1-2H3;1-2H3. The van der Waals surface area contributed by atoms with Crippen LogP contribution in [0.2, 0.25) is 0 Å². The molecule has 0 bridgehead atoms. The predicted octanol–water partition coefficient (Wildman–Crippen LogP) is 4.72. The summed E-state index contributed by atoms with van der Waals surface area (Å²) in [5.74, 6) is 0.523. The Hall–Kier alpha value is -1.35. The Morgan fingerprint density at radius 3 is 1.71 bits per heavy atom. The molecule has 1 aromatic rings. The van der Waals surface area contributed by atoms with Crippen molar-refractivity contribution in [3.05, 3.63) is 29.8 Å². The van der Waals surface area contributed by atoms with Crippen molar-refractivity contribution in [2.24, 2.45) is 0 Å². The summed E-state index contributed by atoms with van der Waals surface area (Å²) in [5.41, 5.74) is 1.17. The molecule has 0 aliphatic carbocycles. The van der Waals surface area contributed by atoms with E-state index in [0.29, 0.717) is 18.3 Å². The van der Waals surface area contributed by atoms with Crippen LogP contribution in [0.15, 0.2) is 24.3 Å². The van der Waals surface area contributed by atoms with Gasteiger partial charge in [-0.05, 0) is 26.0 Å². The molecule has 2 N–H and O–H groups in total. The van der Waals surface area contributed by atoms with Gasteiger partial charge in [-0.3, -0.25) is 4.79 Å². The zero-order chi connectivity index (χ0) is 17.3. The van der Waals surface area contributed by atoms with E-state index >= 15 is 0 Å². The van der Waals surface area contributed by atoms with Gasteiger partial charge in [-0.25, -0.2) is 0 Å². The van der Waals surface area contributed by atoms with Gasteiger partial charge in [0.15, 0.2) is 0 Å². The first-order valence-electron chi connectivity index (χ1n) is 7.81. The number of aromatic hydroxyl groups is 1. The van der Waals surface area contributed by atoms with Crippen molar-refractivity contribution in [2.75, 3.05) is 6.54 Å². The molecule has 1 rings (SSSR count). The molecule has 0 atom stereocenters. The van der Waals surface area contributed by atoms with Gasteiger partial charge in [-0.15, -0.1) is 0 Å². The third kappa shape index (κ3) is 27.7. The molecule has 0 heterocycles. The molecule has 0 aromatic heterocycles. The van der Waals surface area contributed by atoms with Crippen LogP contribution in [0.5, 0.6) is 5.75 Å². The first kappa shape index (κ1) is 24.7. The SMILES string of the molecule is CC.CC(=O)CNC(C)C.CCC.Cc1ccc(O)cc1. The summed E-state index contributed by atoms with van der Waals surface area (Å²) >= 11 is 0. The number of carbonyl (C=O) groups excluding carboxylic acids is 1. The highest BCUT2D eigenvalue weighted by molar-refractivity contribution is 5.77. The number of rotatable bonds is 3. The van der Waals surface area contributed by atoms with Crippen molar-refractivity contribution >= 4 is 5.78 Å². The minimum absolute atomic E-state index is 0.193. The monoisotopic (exact) mass is 297 g/mol. The minimum Gasteiger partial charge on any atom is -0.508 e. The Kier molecular flexibility index (Phi) is 21.9. The van der Waals surface area contributed by atoms with Crippen molar-refractivity contribution < 1.29 is 9.90 Å². The number of nitrogens with one attached hydrogen (secondary N) is 1. The maximum absolute atomic E-state index is 10.3. The Morgan fingerprint density at radius 2 is 1.52 bits per heavy atom. The van der Waals surface area contributed by atoms with Crippen LogP contribution in [0.25, 0.3) is 0 Å². The summed E-state index contributed by atoms with van der Waals surface area (Å²) in [4.78, 5) is 10.3. The lowest BCUT2D eigenvalue weighted by Crippen LogP contribution is -2.27. The van der Waals surface area contributed by atoms with Crippen LogP contribution >= 0.6 is 0 Å². The summed E-state index contributed by atoms with van der Waals surface area (Å²) in [6.07, 6.45) is 1.25. The molecular weight excluding hydrogens is 262 g/mol. The predicted molar refractivity (Wildman–Crippen MR) is 94.0 cm³/mol. The van der Waals surface area contributed by atoms with Gasteiger partial charge in [-0.2, -0.15) is 0 Å². The molecule has 0 amide bonds. The molecular formula is C18H35NO2. The molecule has 21 heavy (non-hydrogen) atoms. The maximum Gasteiger partial charge on any atom is 0.143 e. The van der Waals surface area contributed by atoms with Crippen LogP contribution in [0.3, 0.4) is 0 Å². The van der Waals surface area contributed by atoms with Gasteiger partial charge in [0.1, 0.15) is 11.5 Å². The van der Waals surface area contributed by atoms with Crippen molar-refractivity contribution in [2.45, 2.75) is 67.9 Å². The van der Waals surface area contributed by atoms with E-state index in [2.05, 4.69) is 19.2 Å². The van der Waals surface area contributed by atoms with Crippen LogP contribution in [0.4, 0.5) is 0 Å². The van der Waals surface area contributed by atoms with Gasteiger partial charge in [0.2, 0.25) is 0 Å². The summed E-state index contributed by atoms with van der Waals surface area (Å²) in [6, 6.07) is 7.51. The lowest BCUT2D eigenvalue weighted by Gasteiger charge is -2.03. The van der Waals surface area contributed by atoms with Crippen LogP contribution in [-0.4, -0.2) is 23.5 Å². The number of carbonyl (C=O) groups is 1. The summed E-state index contributed by atoms with van der Waals surface area (Å²) in [5, 5.41) is 11.8. The Labute approximate surface area is 131 Å². The topological polar surface area (TPSA) is 49.3 Å². The van der Waals surface area contributed by atoms with Crippen LogP contribution in [0.1, 0.15) is 60.5 Å². The fourth-order valence-corrected chi connectivity index (χ4v) is 0.893. The minimum atomic E-state index is 0.193. The quantitative estimate of drug-likeness (QED) is 0.849. The second kappa shape index (κ2) is 18.7. The molecule has 3 nitrogen and oxygen atoms in total. The molecule has 1 aromatic carbocycles. The normalized spacial score (nSPS) is 8.43. The van der Waals surface area contributed by atoms with E-state index in [0.717, 1.165) is 0 Å². The first-order chi connectivity index (χ1) is 9.83. The average Bonchev–Trinajstić information content (AvgIpc) is 2.44. The number of ketones is 1. The van der Waals surface area contributed by atoms with E-state index in [-0.39, 0.29) is 5.78 Å². The lowest BCUT2D eigenvalue weighted by molar-refractivity contribution is -0.116. The van der Waals surface area contributed by atoms with E-state index < -0.39 is 0 Å². The summed E-state index contributed by atoms with van der Waals surface area (Å²) < 4.78 is 0. The van der Waals surface area contributed by atoms with Crippen molar-refractivity contribution in [3.63, 3.8) is 0 Å². The fraction of sp³-hybridized carbons (Fsp3) is 0.611. The van der Waals surface area contributed by atoms with Crippen LogP contribution in [0, 0.1) is 6.92 Å². The van der Waals surface area contributed by atoms with Crippen LogP contribution in [-0.2, 0) is 4.79 Å². The lowest BCUT2D eigenvalue weighted by atomic mass is 10.2. The van der Waals surface area contributed by atoms with Gasteiger partial charge in [0.05, 0.1) is 6.54 Å². The zero-order valence-electron chi connectivity index (χ0n) is 15.2. The summed E-state index contributed by atoms with van der Waals surface area (Å²) in [6.45, 7) is 16.3.